The molecule has 0 aromatic heterocycles. The molecule has 0 bridgehead atoms. The van der Waals surface area contributed by atoms with Gasteiger partial charge in [0.2, 0.25) is 0 Å². The Morgan fingerprint density at radius 3 is 2.00 bits per heavy atom. The van der Waals surface area contributed by atoms with Crippen molar-refractivity contribution in [3.8, 4) is 0 Å². The molecule has 1 atom stereocenters. The summed E-state index contributed by atoms with van der Waals surface area (Å²) in [5.41, 5.74) is 4.57. The van der Waals surface area contributed by atoms with Gasteiger partial charge in [0.15, 0.2) is 5.84 Å². The summed E-state index contributed by atoms with van der Waals surface area (Å²) in [5, 5.41) is 3.53. The molecule has 0 saturated carbocycles. The van der Waals surface area contributed by atoms with Crippen molar-refractivity contribution in [2.45, 2.75) is 45.2 Å². The van der Waals surface area contributed by atoms with Crippen molar-refractivity contribution in [2.24, 2.45) is 9.98 Å². The summed E-state index contributed by atoms with van der Waals surface area (Å²) in [5.74, 6) is 1.57. The summed E-state index contributed by atoms with van der Waals surface area (Å²) in [6.45, 7) is 2.25. The van der Waals surface area contributed by atoms with Gasteiger partial charge in [-0.15, -0.1) is 0 Å². The first-order valence-corrected chi connectivity index (χ1v) is 12.7. The minimum absolute atomic E-state index is 0.182. The van der Waals surface area contributed by atoms with Gasteiger partial charge in [0.1, 0.15) is 12.0 Å². The predicted molar refractivity (Wildman–Crippen MR) is 142 cm³/mol. The third kappa shape index (κ3) is 5.96. The van der Waals surface area contributed by atoms with Crippen LogP contribution in [0, 0.1) is 0 Å². The number of hydrogen-bond donors (Lipinski definition) is 1. The normalized spacial score (nSPS) is 15.7. The highest BCUT2D eigenvalue weighted by Crippen LogP contribution is 2.24. The molecule has 0 radical (unpaired) electrons. The van der Waals surface area contributed by atoms with E-state index in [1.165, 1.54) is 31.2 Å². The van der Waals surface area contributed by atoms with Crippen LogP contribution in [0.1, 0.15) is 61.0 Å². The van der Waals surface area contributed by atoms with Gasteiger partial charge in [0.25, 0.3) is 0 Å². The number of unbranched alkanes of at least 4 members (excludes halogenated alkanes) is 3. The molecule has 0 saturated heterocycles. The monoisotopic (exact) mass is 551 g/mol. The van der Waals surface area contributed by atoms with E-state index < -0.39 is 0 Å². The second-order valence-corrected chi connectivity index (χ2v) is 9.86. The minimum atomic E-state index is -0.182. The second-order valence-electron chi connectivity index (χ2n) is 8.03. The fraction of sp³-hybridized carbons (Fsp3) is 0.259. The summed E-state index contributed by atoms with van der Waals surface area (Å²) >= 11 is 7.03. The van der Waals surface area contributed by atoms with Crippen molar-refractivity contribution in [1.29, 1.82) is 0 Å². The van der Waals surface area contributed by atoms with Crippen LogP contribution in [-0.4, -0.2) is 11.7 Å². The standard InChI is InChI=1S/C27H27Br2N3/c1-2-3-4-5-6-19-7-9-20(10-8-19)25-30-26(21-11-15-23(28)16-12-21)32-27(31-25)22-13-17-24(29)18-14-22/h7-18,25H,2-6H2,1H3,(H,30,31,32). The molecule has 1 heterocycles. The Labute approximate surface area is 207 Å². The number of hydrogen-bond acceptors (Lipinski definition) is 3. The maximum atomic E-state index is 4.95. The number of benzene rings is 3. The molecule has 5 heteroatoms. The van der Waals surface area contributed by atoms with Gasteiger partial charge in [0, 0.05) is 20.1 Å². The molecule has 3 aromatic carbocycles. The Morgan fingerprint density at radius 2 is 1.38 bits per heavy atom. The Hall–Kier alpha value is -2.24. The molecule has 0 amide bonds. The zero-order valence-corrected chi connectivity index (χ0v) is 21.4. The van der Waals surface area contributed by atoms with Crippen LogP contribution >= 0.6 is 31.9 Å². The van der Waals surface area contributed by atoms with E-state index >= 15 is 0 Å². The average Bonchev–Trinajstić information content (AvgIpc) is 2.83. The quantitative estimate of drug-likeness (QED) is 0.284. The van der Waals surface area contributed by atoms with Crippen molar-refractivity contribution in [3.05, 3.63) is 104 Å². The van der Waals surface area contributed by atoms with Crippen LogP contribution < -0.4 is 5.32 Å². The number of amidine groups is 2. The van der Waals surface area contributed by atoms with Crippen molar-refractivity contribution in [2.75, 3.05) is 0 Å². The van der Waals surface area contributed by atoms with Crippen molar-refractivity contribution >= 4 is 43.5 Å². The van der Waals surface area contributed by atoms with Crippen LogP contribution in [0.5, 0.6) is 0 Å². The molecule has 0 fully saturated rings. The highest BCUT2D eigenvalue weighted by Gasteiger charge is 2.21. The van der Waals surface area contributed by atoms with E-state index in [2.05, 4.69) is 80.5 Å². The van der Waals surface area contributed by atoms with E-state index in [1.54, 1.807) is 0 Å². The number of rotatable bonds is 8. The molecule has 3 aromatic rings. The summed E-state index contributed by atoms with van der Waals surface area (Å²) < 4.78 is 2.09. The Kier molecular flexibility index (Phi) is 7.93. The van der Waals surface area contributed by atoms with Gasteiger partial charge in [-0.1, -0.05) is 107 Å². The maximum Gasteiger partial charge on any atom is 0.159 e. The molecule has 164 valence electrons. The van der Waals surface area contributed by atoms with Crippen LogP contribution in [0.2, 0.25) is 0 Å². The van der Waals surface area contributed by atoms with Gasteiger partial charge in [-0.05, 0) is 48.2 Å². The largest absolute Gasteiger partial charge is 0.344 e. The molecule has 1 aliphatic heterocycles. The van der Waals surface area contributed by atoms with Gasteiger partial charge in [-0.3, -0.25) is 0 Å². The third-order valence-corrected chi connectivity index (χ3v) is 6.63. The third-order valence-electron chi connectivity index (χ3n) is 5.58. The lowest BCUT2D eigenvalue weighted by Gasteiger charge is -2.24. The van der Waals surface area contributed by atoms with E-state index in [9.17, 15) is 0 Å². The first kappa shape index (κ1) is 22.9. The lowest BCUT2D eigenvalue weighted by molar-refractivity contribution is 0.663. The molecule has 1 N–H and O–H groups in total. The minimum Gasteiger partial charge on any atom is -0.344 e. The first-order valence-electron chi connectivity index (χ1n) is 11.2. The molecule has 0 spiro atoms. The number of aryl methyl sites for hydroxylation is 1. The van der Waals surface area contributed by atoms with E-state index in [-0.39, 0.29) is 6.17 Å². The second kappa shape index (κ2) is 11.1. The molecule has 1 unspecified atom stereocenters. The van der Waals surface area contributed by atoms with Crippen molar-refractivity contribution in [1.82, 2.24) is 5.32 Å². The van der Waals surface area contributed by atoms with Gasteiger partial charge >= 0.3 is 0 Å². The zero-order valence-electron chi connectivity index (χ0n) is 18.2. The summed E-state index contributed by atoms with van der Waals surface area (Å²) in [7, 11) is 0. The summed E-state index contributed by atoms with van der Waals surface area (Å²) in [6, 6.07) is 25.2. The predicted octanol–water partition coefficient (Wildman–Crippen LogP) is 7.83. The van der Waals surface area contributed by atoms with Crippen LogP contribution in [-0.2, 0) is 6.42 Å². The maximum absolute atomic E-state index is 4.95. The van der Waals surface area contributed by atoms with Crippen LogP contribution in [0.15, 0.2) is 91.7 Å². The topological polar surface area (TPSA) is 36.8 Å². The Bertz CT molecular complexity index is 1090. The van der Waals surface area contributed by atoms with Gasteiger partial charge < -0.3 is 5.32 Å². The highest BCUT2D eigenvalue weighted by molar-refractivity contribution is 9.10. The van der Waals surface area contributed by atoms with Crippen molar-refractivity contribution < 1.29 is 0 Å². The fourth-order valence-corrected chi connectivity index (χ4v) is 4.25. The van der Waals surface area contributed by atoms with E-state index in [4.69, 9.17) is 9.98 Å². The number of halogens is 2. The van der Waals surface area contributed by atoms with Gasteiger partial charge in [0.05, 0.1) is 0 Å². The first-order chi connectivity index (χ1) is 15.6. The fourth-order valence-electron chi connectivity index (χ4n) is 3.73. The number of aliphatic imine (C=N–C) groups is 2. The van der Waals surface area contributed by atoms with Gasteiger partial charge in [-0.2, -0.15) is 0 Å². The SMILES string of the molecule is CCCCCCc1ccc(C2N=C(c3ccc(Br)cc3)N=C(c3ccc(Br)cc3)N2)cc1. The lowest BCUT2D eigenvalue weighted by atomic mass is 10.0. The molecular weight excluding hydrogens is 526 g/mol. The molecule has 32 heavy (non-hydrogen) atoms. The van der Waals surface area contributed by atoms with Crippen LogP contribution in [0.3, 0.4) is 0 Å². The molecule has 1 aliphatic rings. The van der Waals surface area contributed by atoms with Gasteiger partial charge in [-0.25, -0.2) is 9.98 Å². The lowest BCUT2D eigenvalue weighted by Crippen LogP contribution is -2.33. The van der Waals surface area contributed by atoms with E-state index in [1.807, 2.05) is 36.4 Å². The summed E-state index contributed by atoms with van der Waals surface area (Å²) in [4.78, 5) is 9.81. The van der Waals surface area contributed by atoms with Crippen molar-refractivity contribution in [3.63, 3.8) is 0 Å². The zero-order chi connectivity index (χ0) is 22.3. The smallest absolute Gasteiger partial charge is 0.159 e. The van der Waals surface area contributed by atoms with Crippen LogP contribution in [0.25, 0.3) is 0 Å². The van der Waals surface area contributed by atoms with E-state index in [0.717, 1.165) is 43.7 Å². The average molecular weight is 553 g/mol. The molecule has 4 rings (SSSR count). The Balaban J connectivity index is 1.60. The highest BCUT2D eigenvalue weighted by atomic mass is 79.9. The molecular formula is C27H27Br2N3. The number of nitrogens with zero attached hydrogens (tertiary/aromatic N) is 2. The van der Waals surface area contributed by atoms with E-state index in [0.29, 0.717) is 0 Å². The number of nitrogens with one attached hydrogen (secondary N) is 1. The molecule has 0 aliphatic carbocycles. The molecule has 3 nitrogen and oxygen atoms in total. The van der Waals surface area contributed by atoms with Crippen LogP contribution in [0.4, 0.5) is 0 Å². The summed E-state index contributed by atoms with van der Waals surface area (Å²) in [6.07, 6.45) is 6.09. The Morgan fingerprint density at radius 1 is 0.750 bits per heavy atom.